The van der Waals surface area contributed by atoms with Gasteiger partial charge in [0.1, 0.15) is 0 Å². The molecule has 0 aliphatic carbocycles. The summed E-state index contributed by atoms with van der Waals surface area (Å²) in [6.45, 7) is 0. The van der Waals surface area contributed by atoms with Gasteiger partial charge in [0.05, 0.1) is 20.3 Å². The number of nitro benzene ring substituents is 2. The molecule has 0 spiro atoms. The molecule has 1 aromatic carbocycles. The van der Waals surface area contributed by atoms with Crippen molar-refractivity contribution >= 4 is 34.0 Å². The molecule has 0 amide bonds. The number of anilines is 1. The van der Waals surface area contributed by atoms with Gasteiger partial charge in [0.25, 0.3) is 16.9 Å². The van der Waals surface area contributed by atoms with Crippen LogP contribution in [0.15, 0.2) is 27.9 Å². The zero-order valence-corrected chi connectivity index (χ0v) is 16.8. The number of alkyl halides is 12. The third-order valence-electron chi connectivity index (χ3n) is 4.11. The van der Waals surface area contributed by atoms with Crippen molar-refractivity contribution in [3.8, 4) is 0 Å². The monoisotopic (exact) mass is 570 g/mol. The fraction of sp³-hybridized carbons (Fsp3) is 0.357. The van der Waals surface area contributed by atoms with E-state index in [4.69, 9.17) is 0 Å². The molecule has 0 saturated heterocycles. The molecule has 0 saturated carbocycles. The normalized spacial score (nSPS) is 18.1. The molecule has 200 valence electrons. The number of allylic oxidation sites excluding steroid dienone is 1. The van der Waals surface area contributed by atoms with Gasteiger partial charge in [0, 0.05) is 12.1 Å². The summed E-state index contributed by atoms with van der Waals surface area (Å²) in [7, 11) is 0. The molecule has 1 N–H and O–H groups in total. The van der Waals surface area contributed by atoms with E-state index in [2.05, 4.69) is 0 Å². The molecule has 0 radical (unpaired) electrons. The van der Waals surface area contributed by atoms with Gasteiger partial charge in [-0.15, -0.1) is 0 Å². The Morgan fingerprint density at radius 2 is 1.28 bits per heavy atom. The van der Waals surface area contributed by atoms with Crippen LogP contribution in [0.2, 0.25) is 0 Å². The maximum atomic E-state index is 13.8. The third-order valence-corrected chi connectivity index (χ3v) is 5.18. The lowest BCUT2D eigenvalue weighted by molar-refractivity contribution is -0.392. The molecule has 22 heteroatoms. The quantitative estimate of drug-likeness (QED) is 0.248. The van der Waals surface area contributed by atoms with Crippen LogP contribution in [0.4, 0.5) is 74.1 Å². The average Bonchev–Trinajstić information content (AvgIpc) is 3.05. The molecule has 0 atom stereocenters. The third kappa shape index (κ3) is 4.97. The highest BCUT2D eigenvalue weighted by Crippen LogP contribution is 2.60. The molecule has 1 aliphatic heterocycles. The van der Waals surface area contributed by atoms with Crippen molar-refractivity contribution < 1.29 is 66.9 Å². The van der Waals surface area contributed by atoms with Crippen molar-refractivity contribution in [2.45, 2.75) is 30.2 Å². The molecule has 2 rings (SSSR count). The van der Waals surface area contributed by atoms with Crippen molar-refractivity contribution in [2.24, 2.45) is 4.99 Å². The van der Waals surface area contributed by atoms with E-state index in [-0.39, 0.29) is 0 Å². The number of rotatable bonds is 3. The van der Waals surface area contributed by atoms with E-state index >= 15 is 0 Å². The summed E-state index contributed by atoms with van der Waals surface area (Å²) >= 11 is -1.33. The maximum Gasteiger partial charge on any atom is 0.443 e. The SMILES string of the molecule is O=[N+]([O-])c1cc(C(F)(F)F)cc([N+](=O)[O-])c1NC1=NC(C(F)(F)F)(C(F)(F)F)C(=C(F)C(F)(F)F)S1. The number of amidine groups is 1. The molecule has 0 unspecified atom stereocenters. The number of halogens is 13. The molecule has 1 aliphatic rings. The summed E-state index contributed by atoms with van der Waals surface area (Å²) in [6.07, 6.45) is -25.5. The van der Waals surface area contributed by atoms with E-state index in [9.17, 15) is 77.3 Å². The fourth-order valence-electron chi connectivity index (χ4n) is 2.63. The summed E-state index contributed by atoms with van der Waals surface area (Å²) in [5.74, 6) is -3.92. The zero-order chi connectivity index (χ0) is 28.2. The largest absolute Gasteiger partial charge is 0.443 e. The Morgan fingerprint density at radius 1 is 0.861 bits per heavy atom. The van der Waals surface area contributed by atoms with Crippen molar-refractivity contribution in [3.63, 3.8) is 0 Å². The smallest absolute Gasteiger partial charge is 0.323 e. The Kier molecular flexibility index (Phi) is 6.95. The highest BCUT2D eigenvalue weighted by molar-refractivity contribution is 8.17. The molecule has 1 aromatic rings. The van der Waals surface area contributed by atoms with Crippen LogP contribution in [-0.2, 0) is 6.18 Å². The summed E-state index contributed by atoms with van der Waals surface area (Å²) in [5.41, 5.74) is -13.6. The van der Waals surface area contributed by atoms with Crippen LogP contribution in [0.5, 0.6) is 0 Å². The molecule has 36 heavy (non-hydrogen) atoms. The Balaban J connectivity index is 2.89. The predicted molar refractivity (Wildman–Crippen MR) is 92.4 cm³/mol. The number of nitrogens with one attached hydrogen (secondary N) is 1. The topological polar surface area (TPSA) is 111 Å². The lowest BCUT2D eigenvalue weighted by Gasteiger charge is -2.31. The minimum Gasteiger partial charge on any atom is -0.323 e. The zero-order valence-electron chi connectivity index (χ0n) is 16.0. The van der Waals surface area contributed by atoms with Crippen molar-refractivity contribution in [2.75, 3.05) is 5.32 Å². The molecular weight excluding hydrogens is 567 g/mol. The van der Waals surface area contributed by atoms with Gasteiger partial charge >= 0.3 is 24.7 Å². The number of nitrogens with zero attached hydrogens (tertiary/aromatic N) is 3. The number of hydrogen-bond donors (Lipinski definition) is 1. The second-order valence-corrected chi connectivity index (χ2v) is 7.39. The fourth-order valence-corrected chi connectivity index (χ4v) is 3.78. The molecule has 8 nitrogen and oxygen atoms in total. The predicted octanol–water partition coefficient (Wildman–Crippen LogP) is 6.64. The van der Waals surface area contributed by atoms with E-state index < -0.39 is 103 Å². The highest BCUT2D eigenvalue weighted by Gasteiger charge is 2.77. The minimum atomic E-state index is -6.82. The number of hydrogen-bond acceptors (Lipinski definition) is 7. The van der Waals surface area contributed by atoms with Gasteiger partial charge in [0.2, 0.25) is 5.83 Å². The Hall–Kier alpha value is -3.33. The molecule has 0 bridgehead atoms. The highest BCUT2D eigenvalue weighted by atomic mass is 32.2. The number of thioether (sulfide) groups is 1. The van der Waals surface area contributed by atoms with Gasteiger partial charge in [-0.3, -0.25) is 20.2 Å². The minimum absolute atomic E-state index is 0.399. The van der Waals surface area contributed by atoms with Crippen LogP contribution in [0.3, 0.4) is 0 Å². The Bertz CT molecular complexity index is 1120. The van der Waals surface area contributed by atoms with Gasteiger partial charge in [-0.2, -0.15) is 52.7 Å². The second-order valence-electron chi connectivity index (χ2n) is 6.39. The Morgan fingerprint density at radius 3 is 1.58 bits per heavy atom. The lowest BCUT2D eigenvalue weighted by Crippen LogP contribution is -2.55. The van der Waals surface area contributed by atoms with Crippen molar-refractivity contribution in [3.05, 3.63) is 48.7 Å². The second kappa shape index (κ2) is 8.65. The van der Waals surface area contributed by atoms with E-state index in [0.717, 1.165) is 5.32 Å². The van der Waals surface area contributed by atoms with Gasteiger partial charge in [-0.25, -0.2) is 9.38 Å². The van der Waals surface area contributed by atoms with Gasteiger partial charge in [0.15, 0.2) is 10.9 Å². The van der Waals surface area contributed by atoms with Crippen LogP contribution in [0, 0.1) is 20.2 Å². The maximum absolute atomic E-state index is 13.8. The van der Waals surface area contributed by atoms with Crippen LogP contribution >= 0.6 is 11.8 Å². The van der Waals surface area contributed by atoms with E-state index in [0.29, 0.717) is 0 Å². The standard InChI is InChI=1S/C14H3F13N4O4S/c15-7(12(19,20)21)8-10(13(22,23)24,14(25,26)27)29-9(36-8)28-6-4(30(32)33)1-3(11(16,17)18)2-5(6)31(34)35/h1-2H,(H,28,29). The van der Waals surface area contributed by atoms with Crippen LogP contribution in [0.25, 0.3) is 0 Å². The van der Waals surface area contributed by atoms with E-state index in [1.54, 1.807) is 0 Å². The summed E-state index contributed by atoms with van der Waals surface area (Å²) in [5, 5.41) is 21.4. The average molecular weight is 570 g/mol. The van der Waals surface area contributed by atoms with Gasteiger partial charge < -0.3 is 5.32 Å². The van der Waals surface area contributed by atoms with Crippen molar-refractivity contribution in [1.29, 1.82) is 0 Å². The summed E-state index contributed by atoms with van der Waals surface area (Å²) in [4.78, 5) is 17.6. The Labute approximate surface area is 191 Å². The molecule has 1 heterocycles. The number of benzene rings is 1. The number of nitro groups is 2. The molecule has 0 fully saturated rings. The first kappa shape index (κ1) is 28.9. The summed E-state index contributed by atoms with van der Waals surface area (Å²) in [6, 6.07) is -0.799. The van der Waals surface area contributed by atoms with Crippen LogP contribution in [-0.4, -0.2) is 39.1 Å². The van der Waals surface area contributed by atoms with Crippen LogP contribution in [0.1, 0.15) is 5.56 Å². The van der Waals surface area contributed by atoms with E-state index in [1.807, 2.05) is 4.99 Å². The molecule has 0 aromatic heterocycles. The van der Waals surface area contributed by atoms with Gasteiger partial charge in [-0.1, -0.05) is 11.8 Å². The first-order valence-electron chi connectivity index (χ1n) is 8.14. The first-order chi connectivity index (χ1) is 15.9. The summed E-state index contributed by atoms with van der Waals surface area (Å²) < 4.78 is 171. The van der Waals surface area contributed by atoms with E-state index in [1.165, 1.54) is 0 Å². The van der Waals surface area contributed by atoms with Crippen molar-refractivity contribution in [1.82, 2.24) is 0 Å². The first-order valence-corrected chi connectivity index (χ1v) is 8.96. The molecular formula is C14H3F13N4O4S. The number of aliphatic imine (C=N–C) groups is 1. The van der Waals surface area contributed by atoms with Crippen LogP contribution < -0.4 is 5.32 Å². The van der Waals surface area contributed by atoms with Gasteiger partial charge in [-0.05, 0) is 0 Å². The lowest BCUT2D eigenvalue weighted by atomic mass is 9.97.